The minimum atomic E-state index is -0.905. The minimum absolute atomic E-state index is 0.187. The average molecular weight is 237 g/mol. The first-order chi connectivity index (χ1) is 7.85. The molecule has 0 saturated heterocycles. The summed E-state index contributed by atoms with van der Waals surface area (Å²) in [4.78, 5) is 11.8. The van der Waals surface area contributed by atoms with E-state index in [2.05, 4.69) is 5.32 Å². The largest absolute Gasteiger partial charge is 0.399 e. The van der Waals surface area contributed by atoms with E-state index in [0.29, 0.717) is 23.4 Å². The molecule has 0 bridgehead atoms. The first-order valence-corrected chi connectivity index (χ1v) is 5.51. The summed E-state index contributed by atoms with van der Waals surface area (Å²) in [5.41, 5.74) is 11.5. The van der Waals surface area contributed by atoms with Crippen molar-refractivity contribution < 1.29 is 9.90 Å². The predicted octanol–water partition coefficient (Wildman–Crippen LogP) is 0.742. The van der Waals surface area contributed by atoms with E-state index in [1.807, 2.05) is 6.92 Å². The van der Waals surface area contributed by atoms with Crippen LogP contribution in [0.1, 0.15) is 30.6 Å². The summed E-state index contributed by atoms with van der Waals surface area (Å²) in [6, 6.07) is 4.72. The smallest absolute Gasteiger partial charge is 0.253 e. The fourth-order valence-electron chi connectivity index (χ4n) is 1.28. The lowest BCUT2D eigenvalue weighted by Gasteiger charge is -2.21. The molecule has 0 radical (unpaired) electrons. The Morgan fingerprint density at radius 1 is 1.47 bits per heavy atom. The highest BCUT2D eigenvalue weighted by Gasteiger charge is 2.19. The molecular weight excluding hydrogens is 218 g/mol. The van der Waals surface area contributed by atoms with Crippen LogP contribution in [0.3, 0.4) is 0 Å². The maximum Gasteiger partial charge on any atom is 0.253 e. The zero-order valence-electron chi connectivity index (χ0n) is 10.2. The van der Waals surface area contributed by atoms with Gasteiger partial charge in [-0.15, -0.1) is 0 Å². The third kappa shape index (κ3) is 3.64. The van der Waals surface area contributed by atoms with E-state index < -0.39 is 5.60 Å². The van der Waals surface area contributed by atoms with Crippen LogP contribution in [0, 0.1) is 0 Å². The first-order valence-electron chi connectivity index (χ1n) is 5.51. The van der Waals surface area contributed by atoms with Gasteiger partial charge >= 0.3 is 0 Å². The van der Waals surface area contributed by atoms with Crippen molar-refractivity contribution in [1.82, 2.24) is 5.32 Å². The number of anilines is 2. The molecule has 1 aromatic rings. The Hall–Kier alpha value is -1.75. The Labute approximate surface area is 101 Å². The Kier molecular flexibility index (Phi) is 3.96. The monoisotopic (exact) mass is 237 g/mol. The van der Waals surface area contributed by atoms with Crippen LogP contribution in [-0.2, 0) is 0 Å². The molecule has 5 heteroatoms. The van der Waals surface area contributed by atoms with Crippen molar-refractivity contribution in [2.75, 3.05) is 18.0 Å². The number of carbonyl (C=O) groups excluding carboxylic acids is 1. The Bertz CT molecular complexity index is 416. The number of nitrogens with two attached hydrogens (primary N) is 2. The van der Waals surface area contributed by atoms with Gasteiger partial charge in [-0.05, 0) is 31.5 Å². The summed E-state index contributed by atoms with van der Waals surface area (Å²) < 4.78 is 0. The second-order valence-corrected chi connectivity index (χ2v) is 4.38. The number of hydrogen-bond acceptors (Lipinski definition) is 4. The van der Waals surface area contributed by atoms with Crippen molar-refractivity contribution >= 4 is 17.3 Å². The molecule has 0 saturated carbocycles. The number of rotatable bonds is 4. The summed E-state index contributed by atoms with van der Waals surface area (Å²) in [7, 11) is 0. The lowest BCUT2D eigenvalue weighted by molar-refractivity contribution is 0.0518. The van der Waals surface area contributed by atoms with E-state index in [9.17, 15) is 9.90 Å². The number of nitrogens with one attached hydrogen (secondary N) is 1. The summed E-state index contributed by atoms with van der Waals surface area (Å²) in [6.45, 7) is 3.70. The molecule has 0 aliphatic rings. The van der Waals surface area contributed by atoms with E-state index in [1.165, 1.54) is 6.07 Å². The lowest BCUT2D eigenvalue weighted by Crippen LogP contribution is -2.40. The molecule has 1 atom stereocenters. The fraction of sp³-hybridized carbons (Fsp3) is 0.417. The number of aliphatic hydroxyl groups is 1. The number of carbonyl (C=O) groups is 1. The Morgan fingerprint density at radius 3 is 2.65 bits per heavy atom. The van der Waals surface area contributed by atoms with E-state index >= 15 is 0 Å². The van der Waals surface area contributed by atoms with Crippen molar-refractivity contribution in [3.05, 3.63) is 23.8 Å². The number of nitrogen functional groups attached to an aromatic ring is 2. The molecule has 1 aromatic carbocycles. The highest BCUT2D eigenvalue weighted by atomic mass is 16.3. The molecule has 94 valence electrons. The summed E-state index contributed by atoms with van der Waals surface area (Å²) in [6.07, 6.45) is 0.560. The van der Waals surface area contributed by atoms with E-state index in [-0.39, 0.29) is 12.5 Å². The highest BCUT2D eigenvalue weighted by molar-refractivity contribution is 5.99. The van der Waals surface area contributed by atoms with Crippen molar-refractivity contribution in [3.63, 3.8) is 0 Å². The van der Waals surface area contributed by atoms with Crippen molar-refractivity contribution in [1.29, 1.82) is 0 Å². The van der Waals surface area contributed by atoms with Gasteiger partial charge in [0.05, 0.1) is 11.2 Å². The van der Waals surface area contributed by atoms with Crippen LogP contribution in [0.5, 0.6) is 0 Å². The van der Waals surface area contributed by atoms with Gasteiger partial charge in [0.15, 0.2) is 0 Å². The van der Waals surface area contributed by atoms with Gasteiger partial charge in [-0.25, -0.2) is 0 Å². The standard InChI is InChI=1S/C12H19N3O2/c1-3-12(2,17)7-15-11(16)9-5-4-8(13)6-10(9)14/h4-6,17H,3,7,13-14H2,1-2H3,(H,15,16). The van der Waals surface area contributed by atoms with Gasteiger partial charge in [-0.2, -0.15) is 0 Å². The normalized spacial score (nSPS) is 14.1. The van der Waals surface area contributed by atoms with E-state index in [1.54, 1.807) is 19.1 Å². The molecule has 17 heavy (non-hydrogen) atoms. The molecule has 0 heterocycles. The minimum Gasteiger partial charge on any atom is -0.399 e. The molecule has 0 spiro atoms. The summed E-state index contributed by atoms with van der Waals surface area (Å²) >= 11 is 0. The highest BCUT2D eigenvalue weighted by Crippen LogP contribution is 2.15. The van der Waals surface area contributed by atoms with Crippen molar-refractivity contribution in [2.45, 2.75) is 25.9 Å². The van der Waals surface area contributed by atoms with Crippen LogP contribution in [0.2, 0.25) is 0 Å². The Morgan fingerprint density at radius 2 is 2.12 bits per heavy atom. The van der Waals surface area contributed by atoms with Crippen LogP contribution in [0.25, 0.3) is 0 Å². The molecular formula is C12H19N3O2. The molecule has 0 aliphatic heterocycles. The quantitative estimate of drug-likeness (QED) is 0.580. The predicted molar refractivity (Wildman–Crippen MR) is 68.5 cm³/mol. The Balaban J connectivity index is 2.71. The second kappa shape index (κ2) is 5.05. The zero-order chi connectivity index (χ0) is 13.1. The number of amides is 1. The second-order valence-electron chi connectivity index (χ2n) is 4.38. The molecule has 6 N–H and O–H groups in total. The summed E-state index contributed by atoms with van der Waals surface area (Å²) in [5, 5.41) is 12.4. The maximum absolute atomic E-state index is 11.8. The van der Waals surface area contributed by atoms with Crippen molar-refractivity contribution in [2.24, 2.45) is 0 Å². The van der Waals surface area contributed by atoms with Crippen molar-refractivity contribution in [3.8, 4) is 0 Å². The molecule has 1 rings (SSSR count). The molecule has 0 fully saturated rings. The fourth-order valence-corrected chi connectivity index (χ4v) is 1.28. The number of benzene rings is 1. The van der Waals surface area contributed by atoms with Gasteiger partial charge in [0.2, 0.25) is 0 Å². The van der Waals surface area contributed by atoms with Gasteiger partial charge in [-0.3, -0.25) is 4.79 Å². The van der Waals surface area contributed by atoms with Crippen LogP contribution < -0.4 is 16.8 Å². The van der Waals surface area contributed by atoms with Gasteiger partial charge in [0, 0.05) is 17.9 Å². The molecule has 1 unspecified atom stereocenters. The van der Waals surface area contributed by atoms with Crippen LogP contribution in [0.15, 0.2) is 18.2 Å². The topological polar surface area (TPSA) is 101 Å². The van der Waals surface area contributed by atoms with Gasteiger partial charge < -0.3 is 21.9 Å². The lowest BCUT2D eigenvalue weighted by atomic mass is 10.0. The van der Waals surface area contributed by atoms with Crippen LogP contribution in [0.4, 0.5) is 11.4 Å². The molecule has 5 nitrogen and oxygen atoms in total. The first kappa shape index (κ1) is 13.3. The molecule has 0 aromatic heterocycles. The van der Waals surface area contributed by atoms with Crippen LogP contribution in [-0.4, -0.2) is 23.2 Å². The molecule has 1 amide bonds. The molecule has 0 aliphatic carbocycles. The van der Waals surface area contributed by atoms with Gasteiger partial charge in [-0.1, -0.05) is 6.92 Å². The average Bonchev–Trinajstić information content (AvgIpc) is 2.26. The van der Waals surface area contributed by atoms with Gasteiger partial charge in [0.25, 0.3) is 5.91 Å². The van der Waals surface area contributed by atoms with E-state index in [0.717, 1.165) is 0 Å². The third-order valence-electron chi connectivity index (χ3n) is 2.71. The SMILES string of the molecule is CCC(C)(O)CNC(=O)c1ccc(N)cc1N. The van der Waals surface area contributed by atoms with E-state index in [4.69, 9.17) is 11.5 Å². The zero-order valence-corrected chi connectivity index (χ0v) is 10.2. The third-order valence-corrected chi connectivity index (χ3v) is 2.71. The summed E-state index contributed by atoms with van der Waals surface area (Å²) in [5.74, 6) is -0.309. The number of hydrogen-bond donors (Lipinski definition) is 4. The van der Waals surface area contributed by atoms with Gasteiger partial charge in [0.1, 0.15) is 0 Å². The maximum atomic E-state index is 11.8. The van der Waals surface area contributed by atoms with Crippen LogP contribution >= 0.6 is 0 Å².